The number of rotatable bonds is 20. The topological polar surface area (TPSA) is 129 Å². The van der Waals surface area contributed by atoms with Gasteiger partial charge in [0.25, 0.3) is 0 Å². The Morgan fingerprint density at radius 1 is 0.185 bits per heavy atom. The van der Waals surface area contributed by atoms with Crippen LogP contribution in [0.4, 0.5) is 0 Å². The van der Waals surface area contributed by atoms with Gasteiger partial charge in [0.15, 0.2) is 28.6 Å². The van der Waals surface area contributed by atoms with Crippen molar-refractivity contribution in [2.75, 3.05) is 0 Å². The van der Waals surface area contributed by atoms with E-state index in [1.807, 2.05) is 352 Å². The number of thiophene rings is 1. The number of hydrogen-bond donors (Lipinski definition) is 0. The second-order valence-corrected chi connectivity index (χ2v) is 41.9. The molecule has 0 amide bonds. The highest BCUT2D eigenvalue weighted by Crippen LogP contribution is 2.51. The molecule has 124 heavy (non-hydrogen) atoms. The smallest absolute Gasteiger partial charge is 0.174 e. The average molecular weight is 1690 g/mol. The Hall–Kier alpha value is -14.2. The van der Waals surface area contributed by atoms with Crippen LogP contribution in [-0.2, 0) is 18.3 Å². The van der Waals surface area contributed by atoms with Gasteiger partial charge < -0.3 is 23.0 Å². The van der Waals surface area contributed by atoms with E-state index in [2.05, 4.69) is 129 Å². The third-order valence-electron chi connectivity index (χ3n) is 22.1. The molecule has 0 spiro atoms. The Balaban J connectivity index is 0.000000127. The van der Waals surface area contributed by atoms with Gasteiger partial charge in [-0.05, 0) is 172 Å². The number of para-hydroxylation sites is 2. The van der Waals surface area contributed by atoms with E-state index in [9.17, 15) is 0 Å². The van der Waals surface area contributed by atoms with Gasteiger partial charge in [-0.25, -0.2) is 0 Å². The highest BCUT2D eigenvalue weighted by atomic mass is 32.1. The highest BCUT2D eigenvalue weighted by molar-refractivity contribution is 7.86. The molecular weight excluding hydrogens is 1610 g/mol. The van der Waals surface area contributed by atoms with Crippen LogP contribution in [0.5, 0.6) is 11.5 Å². The Kier molecular flexibility index (Phi) is 23.9. The number of nitrogens with zero attached hydrogens (tertiary/aromatic N) is 4. The third kappa shape index (κ3) is 16.7. The summed E-state index contributed by atoms with van der Waals surface area (Å²) in [5, 5.41) is 10.9. The number of aromatic nitrogens is 4. The van der Waals surface area contributed by atoms with Crippen LogP contribution in [-0.4, -0.2) is 19.9 Å². The van der Waals surface area contributed by atoms with Gasteiger partial charge in [0.1, 0.15) is 11.5 Å². The van der Waals surface area contributed by atoms with Gasteiger partial charge in [-0.15, -0.1) is 11.3 Å². The second-order valence-electron chi connectivity index (χ2n) is 29.8. The summed E-state index contributed by atoms with van der Waals surface area (Å²) in [5.74, 6) is 0.923. The van der Waals surface area contributed by atoms with E-state index in [4.69, 9.17) is 4.74 Å². The maximum Gasteiger partial charge on any atom is 0.174 e. The summed E-state index contributed by atoms with van der Waals surface area (Å²) in [6.45, 7) is 0. The van der Waals surface area contributed by atoms with Crippen LogP contribution in [0.25, 0.3) is 86.9 Å². The van der Waals surface area contributed by atoms with E-state index in [0.717, 1.165) is 140 Å². The first-order valence-electron chi connectivity index (χ1n) is 40.7. The van der Waals surface area contributed by atoms with E-state index < -0.39 is 28.6 Å². The molecule has 0 radical (unpaired) electrons. The van der Waals surface area contributed by atoms with Crippen LogP contribution < -0.4 is 68.4 Å². The van der Waals surface area contributed by atoms with Crippen molar-refractivity contribution in [3.8, 4) is 78.3 Å². The van der Waals surface area contributed by atoms with Crippen molar-refractivity contribution in [1.82, 2.24) is 19.9 Å². The van der Waals surface area contributed by atoms with Crippen molar-refractivity contribution in [2.45, 2.75) is 0 Å². The standard InChI is InChI=1S/C38H26N4.C36H28O3P2.C36H26O2P2S/c1-6-27(33-17-35(29-8-2-12-39-23-29)21-36(18-33)30-9-3-13-40-24-30)16-28(7-1)34-19-37(31-10-4-14-41-25-31)22-38(20-34)32-11-5-15-42-26-32;37-40(29-17-5-1-6-18-29,30-19-7-2-8-20-30)35-27-15-13-25-33(35)39-34-26-14-16-28-36(34)41(38,31-21-9-3-10-22-31)32-23-11-4-12-24-32;37-39(27-13-5-1-6-14-27,28-15-7-2-8-16-28)31-21-23-35-33(25-31)34-26-32(22-24-36(34)41-35)40(38,29-17-9-3-10-18-29)30-19-11-4-12-20-30/h1-26H;1-28H;1-26H. The predicted octanol–water partition coefficient (Wildman–Crippen LogP) is 23.4. The van der Waals surface area contributed by atoms with Crippen LogP contribution in [0.1, 0.15) is 0 Å². The fourth-order valence-corrected chi connectivity index (χ4v) is 27.9. The van der Waals surface area contributed by atoms with Gasteiger partial charge in [-0.1, -0.05) is 309 Å². The summed E-state index contributed by atoms with van der Waals surface area (Å²) in [5.41, 5.74) is 13.3. The molecule has 0 saturated carbocycles. The molecule has 15 aromatic carbocycles. The SMILES string of the molecule is O=P(c1ccccc1)(c1ccccc1)c1ccc2sc3ccc(P(=O)(c4ccccc4)c4ccccc4)cc3c2c1.O=P(c1ccccc1)(c1ccccc1)c1ccccc1Oc1ccccc1P(=O)(c1ccccc1)c1ccccc1.c1cncc(-c2cc(-c3cccnc3)cc(-c3cccc(-c4cc(-c5cccnc5)cc(-c5cccnc5)c4)c3)c2)c1. The first-order valence-corrected chi connectivity index (χ1v) is 48.4. The molecule has 9 nitrogen and oxygen atoms in total. The van der Waals surface area contributed by atoms with Gasteiger partial charge in [0, 0.05) is 145 Å². The molecule has 20 aromatic rings. The first-order chi connectivity index (χ1) is 61.0. The lowest BCUT2D eigenvalue weighted by Gasteiger charge is -2.25. The molecule has 5 aromatic heterocycles. The lowest BCUT2D eigenvalue weighted by Crippen LogP contribution is -2.27. The fourth-order valence-electron chi connectivity index (χ4n) is 16.0. The molecule has 0 saturated heterocycles. The zero-order valence-corrected chi connectivity index (χ0v) is 71.6. The molecule has 0 unspecified atom stereocenters. The summed E-state index contributed by atoms with van der Waals surface area (Å²) < 4.78 is 69.5. The summed E-state index contributed by atoms with van der Waals surface area (Å²) in [6, 6.07) is 143. The van der Waals surface area contributed by atoms with Crippen molar-refractivity contribution in [2.24, 2.45) is 0 Å². The van der Waals surface area contributed by atoms with Crippen molar-refractivity contribution >= 4 is 124 Å². The minimum atomic E-state index is -3.32. The number of hydrogen-bond acceptors (Lipinski definition) is 10. The summed E-state index contributed by atoms with van der Waals surface area (Å²) >= 11 is 1.70. The highest BCUT2D eigenvalue weighted by Gasteiger charge is 2.37. The molecule has 20 rings (SSSR count). The molecule has 0 aliphatic heterocycles. The van der Waals surface area contributed by atoms with Crippen LogP contribution in [0, 0.1) is 0 Å². The van der Waals surface area contributed by atoms with Crippen molar-refractivity contribution < 1.29 is 23.0 Å². The van der Waals surface area contributed by atoms with Crippen LogP contribution in [0.3, 0.4) is 0 Å². The lowest BCUT2D eigenvalue weighted by molar-refractivity contribution is 0.489. The monoisotopic (exact) mass is 1690 g/mol. The van der Waals surface area contributed by atoms with Crippen molar-refractivity contribution in [3.63, 3.8) is 0 Å². The predicted molar refractivity (Wildman–Crippen MR) is 520 cm³/mol. The van der Waals surface area contributed by atoms with E-state index in [0.29, 0.717) is 22.1 Å². The number of fused-ring (bicyclic) bond motifs is 3. The zero-order valence-electron chi connectivity index (χ0n) is 67.2. The summed E-state index contributed by atoms with van der Waals surface area (Å²) in [6.07, 6.45) is 14.9. The van der Waals surface area contributed by atoms with E-state index in [-0.39, 0.29) is 0 Å². The molecular formula is C110H80N4O5P4S. The second kappa shape index (κ2) is 36.6. The minimum Gasteiger partial charge on any atom is -0.456 e. The first kappa shape index (κ1) is 80.9. The van der Waals surface area contributed by atoms with E-state index >= 15 is 18.3 Å². The molecule has 0 aliphatic carbocycles. The van der Waals surface area contributed by atoms with E-state index in [1.165, 1.54) is 0 Å². The van der Waals surface area contributed by atoms with Gasteiger partial charge in [-0.2, -0.15) is 0 Å². The number of benzene rings is 15. The van der Waals surface area contributed by atoms with Gasteiger partial charge in [0.05, 0.1) is 10.6 Å². The minimum absolute atomic E-state index is 0.462. The normalized spacial score (nSPS) is 11.5. The maximum atomic E-state index is 15.2. The van der Waals surface area contributed by atoms with Crippen LogP contribution in [0.2, 0.25) is 0 Å². The zero-order chi connectivity index (χ0) is 84.1. The van der Waals surface area contributed by atoms with Crippen LogP contribution >= 0.6 is 39.9 Å². The molecule has 596 valence electrons. The Morgan fingerprint density at radius 2 is 0.411 bits per heavy atom. The molecule has 0 N–H and O–H groups in total. The van der Waals surface area contributed by atoms with E-state index in [1.54, 1.807) is 36.1 Å². The van der Waals surface area contributed by atoms with Crippen molar-refractivity contribution in [1.29, 1.82) is 0 Å². The number of pyridine rings is 4. The molecule has 14 heteroatoms. The van der Waals surface area contributed by atoms with Gasteiger partial charge in [0.2, 0.25) is 0 Å². The van der Waals surface area contributed by atoms with Crippen LogP contribution in [0.15, 0.2) is 486 Å². The summed E-state index contributed by atoms with van der Waals surface area (Å²) in [4.78, 5) is 17.5. The molecule has 0 atom stereocenters. The molecule has 5 heterocycles. The van der Waals surface area contributed by atoms with Crippen molar-refractivity contribution in [3.05, 3.63) is 486 Å². The largest absolute Gasteiger partial charge is 0.456 e. The molecule has 0 bridgehead atoms. The Morgan fingerprint density at radius 3 is 0.669 bits per heavy atom. The average Bonchev–Trinajstić information content (AvgIpc) is 1.58. The molecule has 0 fully saturated rings. The Bertz CT molecular complexity index is 6590. The quantitative estimate of drug-likeness (QED) is 0.0685. The fraction of sp³-hybridized carbons (Fsp3) is 0. The Labute approximate surface area is 726 Å². The lowest BCUT2D eigenvalue weighted by atomic mass is 9.91. The number of ether oxygens (including phenoxy) is 1. The summed E-state index contributed by atoms with van der Waals surface area (Å²) in [7, 11) is -12.9. The maximum absolute atomic E-state index is 15.2. The third-order valence-corrected chi connectivity index (χ3v) is 35.6. The van der Waals surface area contributed by atoms with Gasteiger partial charge >= 0.3 is 0 Å². The molecule has 0 aliphatic rings. The van der Waals surface area contributed by atoms with Gasteiger partial charge in [-0.3, -0.25) is 19.9 Å².